The Morgan fingerprint density at radius 1 is 0.900 bits per heavy atom. The molecule has 0 spiro atoms. The monoisotopic (exact) mass is 422 g/mol. The van der Waals surface area contributed by atoms with Crippen molar-refractivity contribution in [3.63, 3.8) is 0 Å². The summed E-state index contributed by atoms with van der Waals surface area (Å²) in [5.41, 5.74) is 1.44. The van der Waals surface area contributed by atoms with Gasteiger partial charge in [0.15, 0.2) is 6.61 Å². The SMILES string of the molecule is CN(C(=O)c1ccccc1C(=O)OCC(=O)Nc1cccc(Cl)c1)c1ccccc1. The number of ether oxygens (including phenoxy) is 1. The van der Waals surface area contributed by atoms with Crippen molar-refractivity contribution >= 4 is 40.8 Å². The third-order valence-electron chi connectivity index (χ3n) is 4.27. The van der Waals surface area contributed by atoms with E-state index in [4.69, 9.17) is 16.3 Å². The fraction of sp³-hybridized carbons (Fsp3) is 0.0870. The summed E-state index contributed by atoms with van der Waals surface area (Å²) in [7, 11) is 1.62. The maximum absolute atomic E-state index is 12.9. The Balaban J connectivity index is 1.68. The van der Waals surface area contributed by atoms with Crippen LogP contribution >= 0.6 is 11.6 Å². The van der Waals surface area contributed by atoms with E-state index in [0.29, 0.717) is 16.4 Å². The number of halogens is 1. The minimum atomic E-state index is -0.762. The molecule has 30 heavy (non-hydrogen) atoms. The van der Waals surface area contributed by atoms with Crippen LogP contribution in [0.1, 0.15) is 20.7 Å². The number of hydrogen-bond donors (Lipinski definition) is 1. The third-order valence-corrected chi connectivity index (χ3v) is 4.50. The lowest BCUT2D eigenvalue weighted by molar-refractivity contribution is -0.119. The molecule has 3 aromatic rings. The molecular formula is C23H19ClN2O4. The van der Waals surface area contributed by atoms with E-state index in [1.54, 1.807) is 61.6 Å². The van der Waals surface area contributed by atoms with Crippen LogP contribution in [0, 0.1) is 0 Å². The molecule has 0 fully saturated rings. The van der Waals surface area contributed by atoms with Gasteiger partial charge in [0.1, 0.15) is 0 Å². The van der Waals surface area contributed by atoms with Crippen molar-refractivity contribution in [3.05, 3.63) is 95.0 Å². The van der Waals surface area contributed by atoms with E-state index < -0.39 is 18.5 Å². The summed E-state index contributed by atoms with van der Waals surface area (Å²) in [6.07, 6.45) is 0. The van der Waals surface area contributed by atoms with Gasteiger partial charge in [0.2, 0.25) is 0 Å². The highest BCUT2D eigenvalue weighted by Crippen LogP contribution is 2.18. The lowest BCUT2D eigenvalue weighted by Crippen LogP contribution is -2.28. The fourth-order valence-electron chi connectivity index (χ4n) is 2.77. The number of anilines is 2. The van der Waals surface area contributed by atoms with Gasteiger partial charge in [0.25, 0.3) is 11.8 Å². The Labute approximate surface area is 179 Å². The normalized spacial score (nSPS) is 10.2. The first kappa shape index (κ1) is 21.1. The number of nitrogens with one attached hydrogen (secondary N) is 1. The molecule has 0 heterocycles. The summed E-state index contributed by atoms with van der Waals surface area (Å²) in [6, 6.07) is 22.0. The summed E-state index contributed by atoms with van der Waals surface area (Å²) >= 11 is 5.88. The third kappa shape index (κ3) is 5.24. The molecule has 0 aromatic heterocycles. The maximum atomic E-state index is 12.9. The zero-order valence-corrected chi connectivity index (χ0v) is 16.9. The lowest BCUT2D eigenvalue weighted by Gasteiger charge is -2.18. The van der Waals surface area contributed by atoms with Gasteiger partial charge >= 0.3 is 5.97 Å². The maximum Gasteiger partial charge on any atom is 0.339 e. The smallest absolute Gasteiger partial charge is 0.339 e. The number of hydrogen-bond acceptors (Lipinski definition) is 4. The quantitative estimate of drug-likeness (QED) is 0.597. The number of benzene rings is 3. The Kier molecular flexibility index (Phi) is 6.83. The zero-order chi connectivity index (χ0) is 21.5. The molecule has 0 radical (unpaired) electrons. The van der Waals surface area contributed by atoms with Crippen molar-refractivity contribution in [2.24, 2.45) is 0 Å². The molecule has 0 aliphatic rings. The second-order valence-electron chi connectivity index (χ2n) is 6.38. The summed E-state index contributed by atoms with van der Waals surface area (Å²) in [4.78, 5) is 39.0. The van der Waals surface area contributed by atoms with Gasteiger partial charge in [-0.3, -0.25) is 9.59 Å². The van der Waals surface area contributed by atoms with Crippen molar-refractivity contribution < 1.29 is 19.1 Å². The van der Waals surface area contributed by atoms with Gasteiger partial charge in [-0.05, 0) is 42.5 Å². The summed E-state index contributed by atoms with van der Waals surface area (Å²) in [6.45, 7) is -0.498. The van der Waals surface area contributed by atoms with E-state index >= 15 is 0 Å². The van der Waals surface area contributed by atoms with Gasteiger partial charge in [-0.15, -0.1) is 0 Å². The van der Waals surface area contributed by atoms with Crippen LogP contribution in [-0.2, 0) is 9.53 Å². The zero-order valence-electron chi connectivity index (χ0n) is 16.2. The van der Waals surface area contributed by atoms with Crippen molar-refractivity contribution in [1.82, 2.24) is 0 Å². The molecule has 7 heteroatoms. The molecule has 0 aliphatic heterocycles. The molecule has 152 valence electrons. The fourth-order valence-corrected chi connectivity index (χ4v) is 2.96. The molecule has 0 atom stereocenters. The molecule has 2 amide bonds. The van der Waals surface area contributed by atoms with Gasteiger partial charge in [-0.2, -0.15) is 0 Å². The summed E-state index contributed by atoms with van der Waals surface area (Å²) < 4.78 is 5.11. The van der Waals surface area contributed by atoms with Crippen LogP contribution in [0.3, 0.4) is 0 Å². The molecule has 0 bridgehead atoms. The van der Waals surface area contributed by atoms with Crippen LogP contribution in [0.25, 0.3) is 0 Å². The van der Waals surface area contributed by atoms with Gasteiger partial charge in [-0.25, -0.2) is 4.79 Å². The van der Waals surface area contributed by atoms with Crippen molar-refractivity contribution in [1.29, 1.82) is 0 Å². The molecule has 0 saturated carbocycles. The number of amides is 2. The van der Waals surface area contributed by atoms with E-state index in [-0.39, 0.29) is 17.0 Å². The second kappa shape index (κ2) is 9.71. The first-order valence-electron chi connectivity index (χ1n) is 9.10. The van der Waals surface area contributed by atoms with Crippen LogP contribution in [0.4, 0.5) is 11.4 Å². The topological polar surface area (TPSA) is 75.7 Å². The highest BCUT2D eigenvalue weighted by molar-refractivity contribution is 6.30. The Hall–Kier alpha value is -3.64. The van der Waals surface area contributed by atoms with Gasteiger partial charge in [0.05, 0.1) is 11.1 Å². The standard InChI is InChI=1S/C23H19ClN2O4/c1-26(18-10-3-2-4-11-18)22(28)19-12-5-6-13-20(19)23(29)30-15-21(27)25-17-9-7-8-16(24)14-17/h2-14H,15H2,1H3,(H,25,27). The number of para-hydroxylation sites is 1. The van der Waals surface area contributed by atoms with Crippen molar-refractivity contribution in [2.45, 2.75) is 0 Å². The van der Waals surface area contributed by atoms with E-state index in [0.717, 1.165) is 0 Å². The van der Waals surface area contributed by atoms with Crippen molar-refractivity contribution in [2.75, 3.05) is 23.9 Å². The van der Waals surface area contributed by atoms with Gasteiger partial charge in [-0.1, -0.05) is 48.0 Å². The second-order valence-corrected chi connectivity index (χ2v) is 6.82. The van der Waals surface area contributed by atoms with E-state index in [1.807, 2.05) is 18.2 Å². The predicted octanol–water partition coefficient (Wildman–Crippen LogP) is 4.41. The molecule has 0 aliphatic carbocycles. The highest BCUT2D eigenvalue weighted by Gasteiger charge is 2.22. The number of nitrogens with zero attached hydrogens (tertiary/aromatic N) is 1. The van der Waals surface area contributed by atoms with Gasteiger partial charge in [0, 0.05) is 23.4 Å². The number of carbonyl (C=O) groups is 3. The largest absolute Gasteiger partial charge is 0.452 e. The lowest BCUT2D eigenvalue weighted by atomic mass is 10.1. The summed E-state index contributed by atoms with van der Waals surface area (Å²) in [5.74, 6) is -1.64. The molecule has 3 aromatic carbocycles. The van der Waals surface area contributed by atoms with Crippen LogP contribution in [0.2, 0.25) is 5.02 Å². The molecule has 3 rings (SSSR count). The molecule has 0 saturated heterocycles. The van der Waals surface area contributed by atoms with E-state index in [9.17, 15) is 14.4 Å². The molecule has 0 unspecified atom stereocenters. The van der Waals surface area contributed by atoms with Crippen LogP contribution in [-0.4, -0.2) is 31.4 Å². The minimum Gasteiger partial charge on any atom is -0.452 e. The Morgan fingerprint density at radius 3 is 2.27 bits per heavy atom. The average Bonchev–Trinajstić information content (AvgIpc) is 2.77. The molecule has 1 N–H and O–H groups in total. The first-order chi connectivity index (χ1) is 14.5. The first-order valence-corrected chi connectivity index (χ1v) is 9.48. The predicted molar refractivity (Wildman–Crippen MR) is 116 cm³/mol. The highest BCUT2D eigenvalue weighted by atomic mass is 35.5. The summed E-state index contributed by atoms with van der Waals surface area (Å²) in [5, 5.41) is 3.06. The number of rotatable bonds is 6. The average molecular weight is 423 g/mol. The van der Waals surface area contributed by atoms with Crippen molar-refractivity contribution in [3.8, 4) is 0 Å². The molecule has 6 nitrogen and oxygen atoms in total. The van der Waals surface area contributed by atoms with Gasteiger partial charge < -0.3 is 15.0 Å². The van der Waals surface area contributed by atoms with E-state index in [2.05, 4.69) is 5.32 Å². The minimum absolute atomic E-state index is 0.0841. The Bertz CT molecular complexity index is 1070. The van der Waals surface area contributed by atoms with Crippen LogP contribution < -0.4 is 10.2 Å². The molecular weight excluding hydrogens is 404 g/mol. The number of carbonyl (C=O) groups excluding carboxylic acids is 3. The van der Waals surface area contributed by atoms with Crippen LogP contribution in [0.15, 0.2) is 78.9 Å². The van der Waals surface area contributed by atoms with E-state index in [1.165, 1.54) is 11.0 Å². The number of esters is 1. The van der Waals surface area contributed by atoms with Crippen LogP contribution in [0.5, 0.6) is 0 Å². The Morgan fingerprint density at radius 2 is 1.57 bits per heavy atom.